The van der Waals surface area contributed by atoms with Crippen LogP contribution in [0.15, 0.2) is 29.2 Å². The molecular formula is C11H12N2O6S. The maximum Gasteiger partial charge on any atom is 0.322 e. The number of carbonyl (C=O) groups is 1. The Morgan fingerprint density at radius 3 is 2.45 bits per heavy atom. The average molecular weight is 300 g/mol. The molecule has 1 fully saturated rings. The van der Waals surface area contributed by atoms with Crippen molar-refractivity contribution in [1.82, 2.24) is 4.31 Å². The minimum atomic E-state index is -3.95. The van der Waals surface area contributed by atoms with Crippen molar-refractivity contribution in [1.29, 1.82) is 0 Å². The number of rotatable bonds is 4. The summed E-state index contributed by atoms with van der Waals surface area (Å²) >= 11 is 0. The molecule has 0 amide bonds. The van der Waals surface area contributed by atoms with Crippen LogP contribution >= 0.6 is 0 Å². The monoisotopic (exact) mass is 300 g/mol. The van der Waals surface area contributed by atoms with Crippen LogP contribution in [0.5, 0.6) is 0 Å². The van der Waals surface area contributed by atoms with Gasteiger partial charge in [0, 0.05) is 18.7 Å². The van der Waals surface area contributed by atoms with Crippen molar-refractivity contribution < 1.29 is 23.2 Å². The SMILES string of the molecule is O=C(O)[C@H]1CCCN1S(=O)(=O)c1ccc([N+](=O)[O-])cc1. The van der Waals surface area contributed by atoms with E-state index in [9.17, 15) is 23.3 Å². The Bertz CT molecular complexity index is 639. The fourth-order valence-electron chi connectivity index (χ4n) is 2.15. The second-order valence-corrected chi connectivity index (χ2v) is 6.25. The van der Waals surface area contributed by atoms with Gasteiger partial charge in [0.2, 0.25) is 10.0 Å². The molecule has 8 nitrogen and oxygen atoms in total. The molecule has 0 saturated carbocycles. The first kappa shape index (κ1) is 14.4. The van der Waals surface area contributed by atoms with E-state index >= 15 is 0 Å². The smallest absolute Gasteiger partial charge is 0.322 e. The largest absolute Gasteiger partial charge is 0.480 e. The Kier molecular flexibility index (Phi) is 3.73. The molecule has 2 rings (SSSR count). The third-order valence-corrected chi connectivity index (χ3v) is 5.07. The number of benzene rings is 1. The van der Waals surface area contributed by atoms with E-state index in [1.165, 1.54) is 0 Å². The number of carboxylic acids is 1. The minimum Gasteiger partial charge on any atom is -0.480 e. The van der Waals surface area contributed by atoms with Gasteiger partial charge in [0.15, 0.2) is 0 Å². The van der Waals surface area contributed by atoms with Gasteiger partial charge in [0.1, 0.15) is 6.04 Å². The number of sulfonamides is 1. The number of nitrogens with zero attached hydrogens (tertiary/aromatic N) is 2. The third-order valence-electron chi connectivity index (χ3n) is 3.14. The van der Waals surface area contributed by atoms with E-state index in [4.69, 9.17) is 5.11 Å². The normalized spacial score (nSPS) is 19.9. The molecule has 108 valence electrons. The van der Waals surface area contributed by atoms with Crippen LogP contribution in [-0.2, 0) is 14.8 Å². The van der Waals surface area contributed by atoms with Crippen molar-refractivity contribution in [2.45, 2.75) is 23.8 Å². The van der Waals surface area contributed by atoms with Gasteiger partial charge in [-0.3, -0.25) is 14.9 Å². The van der Waals surface area contributed by atoms with E-state index in [1.807, 2.05) is 0 Å². The van der Waals surface area contributed by atoms with E-state index in [1.54, 1.807) is 0 Å². The highest BCUT2D eigenvalue weighted by Gasteiger charge is 2.39. The second kappa shape index (κ2) is 5.17. The van der Waals surface area contributed by atoms with E-state index in [-0.39, 0.29) is 23.5 Å². The van der Waals surface area contributed by atoms with Gasteiger partial charge in [-0.15, -0.1) is 0 Å². The molecule has 1 aromatic rings. The van der Waals surface area contributed by atoms with Crippen LogP contribution in [0.1, 0.15) is 12.8 Å². The van der Waals surface area contributed by atoms with Crippen LogP contribution < -0.4 is 0 Å². The van der Waals surface area contributed by atoms with Gasteiger partial charge in [-0.2, -0.15) is 4.31 Å². The summed E-state index contributed by atoms with van der Waals surface area (Å²) in [5.74, 6) is -1.19. The quantitative estimate of drug-likeness (QED) is 0.650. The van der Waals surface area contributed by atoms with Crippen molar-refractivity contribution in [2.24, 2.45) is 0 Å². The first-order chi connectivity index (χ1) is 9.34. The summed E-state index contributed by atoms with van der Waals surface area (Å²) in [5, 5.41) is 19.5. The number of hydrogen-bond donors (Lipinski definition) is 1. The molecule has 0 bridgehead atoms. The predicted molar refractivity (Wildman–Crippen MR) is 67.6 cm³/mol. The summed E-state index contributed by atoms with van der Waals surface area (Å²) in [6.07, 6.45) is 0.741. The molecule has 0 aliphatic carbocycles. The minimum absolute atomic E-state index is 0.135. The van der Waals surface area contributed by atoms with Crippen LogP contribution in [0.4, 0.5) is 5.69 Å². The van der Waals surface area contributed by atoms with E-state index < -0.39 is 27.0 Å². The van der Waals surface area contributed by atoms with Gasteiger partial charge >= 0.3 is 5.97 Å². The Hall–Kier alpha value is -2.00. The Labute approximate surface area is 114 Å². The zero-order valence-electron chi connectivity index (χ0n) is 10.3. The molecule has 1 heterocycles. The third kappa shape index (κ3) is 2.49. The zero-order chi connectivity index (χ0) is 14.9. The van der Waals surface area contributed by atoms with Crippen LogP contribution in [0, 0.1) is 10.1 Å². The van der Waals surface area contributed by atoms with E-state index in [2.05, 4.69) is 0 Å². The van der Waals surface area contributed by atoms with Gasteiger partial charge in [0.05, 0.1) is 9.82 Å². The number of nitro groups is 1. The summed E-state index contributed by atoms with van der Waals surface area (Å²) in [5.41, 5.74) is -0.222. The second-order valence-electron chi connectivity index (χ2n) is 4.36. The molecule has 1 aliphatic rings. The molecule has 0 unspecified atom stereocenters. The van der Waals surface area contributed by atoms with Crippen molar-refractivity contribution >= 4 is 21.7 Å². The Morgan fingerprint density at radius 1 is 1.35 bits per heavy atom. The molecule has 0 spiro atoms. The number of non-ortho nitro benzene ring substituents is 1. The number of aliphatic carboxylic acids is 1. The fraction of sp³-hybridized carbons (Fsp3) is 0.364. The zero-order valence-corrected chi connectivity index (χ0v) is 11.1. The Morgan fingerprint density at radius 2 is 1.95 bits per heavy atom. The summed E-state index contributed by atoms with van der Waals surface area (Å²) in [7, 11) is -3.95. The van der Waals surface area contributed by atoms with Gasteiger partial charge in [0.25, 0.3) is 5.69 Å². The molecule has 1 N–H and O–H groups in total. The first-order valence-corrected chi connectivity index (χ1v) is 7.27. The maximum absolute atomic E-state index is 12.3. The summed E-state index contributed by atoms with van der Waals surface area (Å²) < 4.78 is 25.6. The molecular weight excluding hydrogens is 288 g/mol. The standard InChI is InChI=1S/C11H12N2O6S/c14-11(15)10-2-1-7-12(10)20(18,19)9-5-3-8(4-6-9)13(16)17/h3-6,10H,1-2,7H2,(H,14,15)/t10-/m1/s1. The average Bonchev–Trinajstić information content (AvgIpc) is 2.89. The van der Waals surface area contributed by atoms with Gasteiger partial charge < -0.3 is 5.11 Å². The molecule has 0 radical (unpaired) electrons. The Balaban J connectivity index is 2.35. The number of hydrogen-bond acceptors (Lipinski definition) is 5. The molecule has 20 heavy (non-hydrogen) atoms. The highest BCUT2D eigenvalue weighted by Crippen LogP contribution is 2.27. The fourth-order valence-corrected chi connectivity index (χ4v) is 3.80. The summed E-state index contributed by atoms with van der Waals surface area (Å²) in [6, 6.07) is 3.32. The summed E-state index contributed by atoms with van der Waals surface area (Å²) in [4.78, 5) is 20.8. The lowest BCUT2D eigenvalue weighted by atomic mass is 10.2. The van der Waals surface area contributed by atoms with Crippen LogP contribution in [0.3, 0.4) is 0 Å². The van der Waals surface area contributed by atoms with Crippen LogP contribution in [0.2, 0.25) is 0 Å². The molecule has 1 atom stereocenters. The molecule has 9 heteroatoms. The van der Waals surface area contributed by atoms with Crippen molar-refractivity contribution in [2.75, 3.05) is 6.54 Å². The summed E-state index contributed by atoms with van der Waals surface area (Å²) in [6.45, 7) is 0.135. The van der Waals surface area contributed by atoms with Gasteiger partial charge in [-0.1, -0.05) is 0 Å². The van der Waals surface area contributed by atoms with E-state index in [0.717, 1.165) is 28.6 Å². The van der Waals surface area contributed by atoms with Crippen molar-refractivity contribution in [3.05, 3.63) is 34.4 Å². The van der Waals surface area contributed by atoms with Crippen LogP contribution in [-0.4, -0.2) is 41.3 Å². The highest BCUT2D eigenvalue weighted by molar-refractivity contribution is 7.89. The predicted octanol–water partition coefficient (Wildman–Crippen LogP) is 0.833. The molecule has 1 saturated heterocycles. The highest BCUT2D eigenvalue weighted by atomic mass is 32.2. The lowest BCUT2D eigenvalue weighted by molar-refractivity contribution is -0.384. The topological polar surface area (TPSA) is 118 Å². The van der Waals surface area contributed by atoms with E-state index in [0.29, 0.717) is 6.42 Å². The molecule has 1 aliphatic heterocycles. The lowest BCUT2D eigenvalue weighted by Crippen LogP contribution is -2.40. The maximum atomic E-state index is 12.3. The number of carboxylic acid groups (broad SMARTS) is 1. The molecule has 1 aromatic carbocycles. The van der Waals surface area contributed by atoms with Crippen molar-refractivity contribution in [3.63, 3.8) is 0 Å². The number of nitro benzene ring substituents is 1. The van der Waals surface area contributed by atoms with Crippen molar-refractivity contribution in [3.8, 4) is 0 Å². The van der Waals surface area contributed by atoms with Crippen LogP contribution in [0.25, 0.3) is 0 Å². The lowest BCUT2D eigenvalue weighted by Gasteiger charge is -2.20. The first-order valence-electron chi connectivity index (χ1n) is 5.83. The van der Waals surface area contributed by atoms with Gasteiger partial charge in [-0.25, -0.2) is 8.42 Å². The van der Waals surface area contributed by atoms with Gasteiger partial charge in [-0.05, 0) is 25.0 Å². The molecule has 0 aromatic heterocycles.